The largest absolute Gasteiger partial charge is 0.390 e. The molecular weight excluding hydrogens is 348 g/mol. The second-order valence-corrected chi connectivity index (χ2v) is 8.26. The third kappa shape index (κ3) is 3.77. The van der Waals surface area contributed by atoms with Crippen molar-refractivity contribution in [3.05, 3.63) is 34.7 Å². The lowest BCUT2D eigenvalue weighted by Crippen LogP contribution is -2.54. The fraction of sp³-hybridized carbons (Fsp3) is 0.650. The van der Waals surface area contributed by atoms with Crippen molar-refractivity contribution >= 4 is 17.2 Å². The average molecular weight is 377 g/mol. The number of halogens is 1. The number of aliphatic hydroxyl groups is 1. The van der Waals surface area contributed by atoms with Gasteiger partial charge in [0.15, 0.2) is 0 Å². The van der Waals surface area contributed by atoms with E-state index in [0.29, 0.717) is 6.04 Å². The lowest BCUT2D eigenvalue weighted by Gasteiger charge is -2.41. The lowest BCUT2D eigenvalue weighted by atomic mass is 9.99. The zero-order chi connectivity index (χ0) is 18.1. The van der Waals surface area contributed by atoms with E-state index in [4.69, 9.17) is 11.6 Å². The molecule has 5 nitrogen and oxygen atoms in total. The van der Waals surface area contributed by atoms with E-state index in [2.05, 4.69) is 26.1 Å². The summed E-state index contributed by atoms with van der Waals surface area (Å²) < 4.78 is 2.09. The van der Waals surface area contributed by atoms with Crippen LogP contribution in [0.4, 0.5) is 0 Å². The maximum atomic E-state index is 10.8. The highest BCUT2D eigenvalue weighted by Gasteiger charge is 2.32. The SMILES string of the molecule is Cc1nc2ccc(Cl)cn2c1CN1CC[C@@H](N2CCCCCC2)[C@H](O)C1. The number of β-amino-alcohol motifs (C(OH)–C–C–N with tert-alkyl or cyclic N) is 1. The van der Waals surface area contributed by atoms with Crippen LogP contribution in [0.5, 0.6) is 0 Å². The lowest BCUT2D eigenvalue weighted by molar-refractivity contribution is -0.0148. The van der Waals surface area contributed by atoms with Gasteiger partial charge in [-0.05, 0) is 51.4 Å². The number of aliphatic hydroxyl groups excluding tert-OH is 1. The van der Waals surface area contributed by atoms with Crippen molar-refractivity contribution in [3.8, 4) is 0 Å². The Kier molecular flexibility index (Phi) is 5.50. The summed E-state index contributed by atoms with van der Waals surface area (Å²) in [5.41, 5.74) is 3.14. The van der Waals surface area contributed by atoms with Gasteiger partial charge in [-0.25, -0.2) is 4.98 Å². The fourth-order valence-corrected chi connectivity index (χ4v) is 4.73. The van der Waals surface area contributed by atoms with Gasteiger partial charge < -0.3 is 9.51 Å². The molecule has 0 saturated carbocycles. The molecule has 0 unspecified atom stereocenters. The highest BCUT2D eigenvalue weighted by atomic mass is 35.5. The highest BCUT2D eigenvalue weighted by molar-refractivity contribution is 6.30. The first-order chi connectivity index (χ1) is 12.6. The Balaban J connectivity index is 1.45. The van der Waals surface area contributed by atoms with Crippen LogP contribution >= 0.6 is 11.6 Å². The molecule has 2 aliphatic rings. The summed E-state index contributed by atoms with van der Waals surface area (Å²) in [6.07, 6.45) is 7.92. The number of hydrogen-bond acceptors (Lipinski definition) is 4. The van der Waals surface area contributed by atoms with Crippen LogP contribution in [0, 0.1) is 6.92 Å². The number of rotatable bonds is 3. The van der Waals surface area contributed by atoms with Gasteiger partial charge in [0.1, 0.15) is 5.65 Å². The smallest absolute Gasteiger partial charge is 0.137 e. The minimum atomic E-state index is -0.273. The van der Waals surface area contributed by atoms with Crippen LogP contribution in [0.1, 0.15) is 43.5 Å². The Bertz CT molecular complexity index is 754. The van der Waals surface area contributed by atoms with Crippen molar-refractivity contribution < 1.29 is 5.11 Å². The van der Waals surface area contributed by atoms with E-state index in [0.717, 1.165) is 55.5 Å². The minimum absolute atomic E-state index is 0.273. The molecule has 2 fully saturated rings. The topological polar surface area (TPSA) is 44.0 Å². The summed E-state index contributed by atoms with van der Waals surface area (Å²) in [6.45, 7) is 6.90. The van der Waals surface area contributed by atoms with Crippen LogP contribution in [0.3, 0.4) is 0 Å². The molecule has 0 aliphatic carbocycles. The van der Waals surface area contributed by atoms with Crippen LogP contribution in [0.25, 0.3) is 5.65 Å². The van der Waals surface area contributed by atoms with Crippen LogP contribution < -0.4 is 0 Å². The van der Waals surface area contributed by atoms with Crippen LogP contribution in [0.15, 0.2) is 18.3 Å². The Morgan fingerprint density at radius 1 is 1.15 bits per heavy atom. The van der Waals surface area contributed by atoms with Gasteiger partial charge in [0.05, 0.1) is 22.5 Å². The quantitative estimate of drug-likeness (QED) is 0.893. The molecule has 1 N–H and O–H groups in total. The molecule has 0 spiro atoms. The van der Waals surface area contributed by atoms with E-state index in [1.807, 2.05) is 18.3 Å². The standard InChI is InChI=1S/C20H29ClN4O/c1-15-18(25-12-16(21)6-7-20(25)22-15)13-23-11-8-17(19(26)14-23)24-9-4-2-3-5-10-24/h6-7,12,17,19,26H,2-5,8-11,13-14H2,1H3/t17-,19-/m1/s1. The number of aromatic nitrogens is 2. The van der Waals surface area contributed by atoms with Crippen molar-refractivity contribution in [2.45, 2.75) is 57.7 Å². The predicted octanol–water partition coefficient (Wildman–Crippen LogP) is 3.11. The van der Waals surface area contributed by atoms with Crippen molar-refractivity contribution in [1.82, 2.24) is 19.2 Å². The average Bonchev–Trinajstić information content (AvgIpc) is 2.80. The molecule has 142 valence electrons. The molecule has 26 heavy (non-hydrogen) atoms. The number of aryl methyl sites for hydroxylation is 1. The predicted molar refractivity (Wildman–Crippen MR) is 105 cm³/mol. The first kappa shape index (κ1) is 18.2. The second kappa shape index (κ2) is 7.85. The summed E-state index contributed by atoms with van der Waals surface area (Å²) in [5.74, 6) is 0. The van der Waals surface area contributed by atoms with Crippen molar-refractivity contribution in [2.75, 3.05) is 26.2 Å². The van der Waals surface area contributed by atoms with Crippen molar-refractivity contribution in [3.63, 3.8) is 0 Å². The van der Waals surface area contributed by atoms with E-state index in [1.165, 1.54) is 31.4 Å². The summed E-state index contributed by atoms with van der Waals surface area (Å²) in [4.78, 5) is 9.54. The molecule has 0 aromatic carbocycles. The monoisotopic (exact) mass is 376 g/mol. The van der Waals surface area contributed by atoms with Gasteiger partial charge in [-0.15, -0.1) is 0 Å². The van der Waals surface area contributed by atoms with Crippen molar-refractivity contribution in [1.29, 1.82) is 0 Å². The molecule has 4 rings (SSSR count). The van der Waals surface area contributed by atoms with Gasteiger partial charge >= 0.3 is 0 Å². The normalized spacial score (nSPS) is 26.3. The molecule has 2 saturated heterocycles. The Morgan fingerprint density at radius 3 is 2.65 bits per heavy atom. The number of imidazole rings is 1. The Hall–Kier alpha value is -1.14. The van der Waals surface area contributed by atoms with Crippen LogP contribution in [0.2, 0.25) is 5.02 Å². The number of piperidine rings is 1. The van der Waals surface area contributed by atoms with Gasteiger partial charge in [-0.3, -0.25) is 9.80 Å². The van der Waals surface area contributed by atoms with E-state index in [-0.39, 0.29) is 6.10 Å². The molecular formula is C20H29ClN4O. The summed E-state index contributed by atoms with van der Waals surface area (Å²) in [7, 11) is 0. The fourth-order valence-electron chi connectivity index (χ4n) is 4.57. The maximum absolute atomic E-state index is 10.8. The van der Waals surface area contributed by atoms with E-state index in [9.17, 15) is 5.11 Å². The molecule has 0 amide bonds. The van der Waals surface area contributed by atoms with E-state index < -0.39 is 0 Å². The van der Waals surface area contributed by atoms with Gasteiger partial charge in [0.2, 0.25) is 0 Å². The highest BCUT2D eigenvalue weighted by Crippen LogP contribution is 2.24. The summed E-state index contributed by atoms with van der Waals surface area (Å²) in [6, 6.07) is 4.16. The Morgan fingerprint density at radius 2 is 1.92 bits per heavy atom. The molecule has 0 radical (unpaired) electrons. The Labute approximate surface area is 160 Å². The minimum Gasteiger partial charge on any atom is -0.390 e. The van der Waals surface area contributed by atoms with Crippen LogP contribution in [-0.2, 0) is 6.54 Å². The first-order valence-corrected chi connectivity index (χ1v) is 10.3. The third-order valence-corrected chi connectivity index (χ3v) is 6.22. The zero-order valence-electron chi connectivity index (χ0n) is 15.6. The molecule has 2 aromatic rings. The van der Waals surface area contributed by atoms with Gasteiger partial charge in [-0.2, -0.15) is 0 Å². The van der Waals surface area contributed by atoms with Crippen LogP contribution in [-0.4, -0.2) is 62.6 Å². The third-order valence-electron chi connectivity index (χ3n) is 6.00. The molecule has 0 bridgehead atoms. The maximum Gasteiger partial charge on any atom is 0.137 e. The summed E-state index contributed by atoms with van der Waals surface area (Å²) in [5, 5.41) is 11.5. The number of fused-ring (bicyclic) bond motifs is 1. The second-order valence-electron chi connectivity index (χ2n) is 7.83. The molecule has 2 atom stereocenters. The molecule has 2 aromatic heterocycles. The number of hydrogen-bond donors (Lipinski definition) is 1. The number of pyridine rings is 1. The van der Waals surface area contributed by atoms with Gasteiger partial charge in [0.25, 0.3) is 0 Å². The first-order valence-electron chi connectivity index (χ1n) is 9.89. The number of nitrogens with zero attached hydrogens (tertiary/aromatic N) is 4. The van der Waals surface area contributed by atoms with E-state index >= 15 is 0 Å². The number of likely N-dealkylation sites (tertiary alicyclic amines) is 2. The zero-order valence-corrected chi connectivity index (χ0v) is 16.3. The van der Waals surface area contributed by atoms with Gasteiger partial charge in [-0.1, -0.05) is 24.4 Å². The van der Waals surface area contributed by atoms with E-state index in [1.54, 1.807) is 0 Å². The molecule has 4 heterocycles. The van der Waals surface area contributed by atoms with Gasteiger partial charge in [0, 0.05) is 31.9 Å². The molecule has 6 heteroatoms. The van der Waals surface area contributed by atoms with Crippen molar-refractivity contribution in [2.24, 2.45) is 0 Å². The summed E-state index contributed by atoms with van der Waals surface area (Å²) >= 11 is 6.18. The molecule has 2 aliphatic heterocycles.